The maximum Gasteiger partial charge on any atom is 0.298 e. The smallest absolute Gasteiger partial charge is 0.298 e. The third-order valence-electron chi connectivity index (χ3n) is 7.12. The lowest BCUT2D eigenvalue weighted by Crippen LogP contribution is -2.56. The molecule has 0 amide bonds. The zero-order valence-corrected chi connectivity index (χ0v) is 18.0. The van der Waals surface area contributed by atoms with Gasteiger partial charge in [0, 0.05) is 23.3 Å². The van der Waals surface area contributed by atoms with Gasteiger partial charge in [0.1, 0.15) is 0 Å². The van der Waals surface area contributed by atoms with E-state index in [1.165, 1.54) is 32.0 Å². The summed E-state index contributed by atoms with van der Waals surface area (Å²) in [5, 5.41) is 1.53. The van der Waals surface area contributed by atoms with Crippen LogP contribution in [0.2, 0.25) is 56.1 Å². The van der Waals surface area contributed by atoms with Gasteiger partial charge in [0.25, 0.3) is 6.92 Å². The summed E-state index contributed by atoms with van der Waals surface area (Å²) in [5.41, 5.74) is 0. The third kappa shape index (κ3) is 2.81. The summed E-state index contributed by atoms with van der Waals surface area (Å²) in [7, 11) is -0.398. The average Bonchev–Trinajstić information content (AvgIpc) is 2.46. The zero-order valence-electron chi connectivity index (χ0n) is 16.0. The second kappa shape index (κ2) is 5.49. The predicted octanol–water partition coefficient (Wildman–Crippen LogP) is 5.79. The van der Waals surface area contributed by atoms with E-state index in [9.17, 15) is 0 Å². The van der Waals surface area contributed by atoms with Crippen molar-refractivity contribution >= 4 is 23.1 Å². The minimum atomic E-state index is -1.21. The molecule has 4 bridgehead atoms. The van der Waals surface area contributed by atoms with Crippen molar-refractivity contribution in [1.82, 2.24) is 0 Å². The predicted molar refractivity (Wildman–Crippen MR) is 104 cm³/mol. The van der Waals surface area contributed by atoms with Crippen molar-refractivity contribution in [2.45, 2.75) is 88.2 Å². The topological polar surface area (TPSA) is 9.23 Å². The first-order valence-corrected chi connectivity index (χ1v) is 16.7. The SMILES string of the molecule is COB1CC2C[C@@H]3C[C@H](C2)CC1(C([Si](C)(C)C)[Si](C)(C)C)C3. The molecule has 2 heterocycles. The highest BCUT2D eigenvalue weighted by atomic mass is 28.4. The first kappa shape index (κ1) is 17.3. The number of hydrogen-bond donors (Lipinski definition) is 0. The van der Waals surface area contributed by atoms with Crippen molar-refractivity contribution in [3.63, 3.8) is 0 Å². The molecule has 4 heteroatoms. The van der Waals surface area contributed by atoms with Crippen molar-refractivity contribution in [3.05, 3.63) is 0 Å². The quantitative estimate of drug-likeness (QED) is 0.590. The summed E-state index contributed by atoms with van der Waals surface area (Å²) in [6, 6.07) is 0. The Hall–Kier alpha value is 0.459. The van der Waals surface area contributed by atoms with Gasteiger partial charge in [-0.1, -0.05) is 39.3 Å². The first-order chi connectivity index (χ1) is 10.1. The fourth-order valence-electron chi connectivity index (χ4n) is 7.96. The van der Waals surface area contributed by atoms with E-state index < -0.39 is 16.1 Å². The van der Waals surface area contributed by atoms with Gasteiger partial charge in [-0.25, -0.2) is 0 Å². The van der Waals surface area contributed by atoms with Crippen molar-refractivity contribution < 1.29 is 4.65 Å². The van der Waals surface area contributed by atoms with Crippen molar-refractivity contribution in [1.29, 1.82) is 0 Å². The van der Waals surface area contributed by atoms with Gasteiger partial charge in [0.15, 0.2) is 0 Å². The lowest BCUT2D eigenvalue weighted by molar-refractivity contribution is 0.123. The average molecular weight is 336 g/mol. The van der Waals surface area contributed by atoms with Gasteiger partial charge < -0.3 is 4.65 Å². The molecule has 0 aromatic rings. The van der Waals surface area contributed by atoms with E-state index >= 15 is 0 Å². The Bertz CT molecular complexity index is 398. The maximum atomic E-state index is 6.27. The van der Waals surface area contributed by atoms with E-state index in [2.05, 4.69) is 39.3 Å². The minimum Gasteiger partial charge on any atom is -0.438 e. The molecular weight excluding hydrogens is 299 g/mol. The van der Waals surface area contributed by atoms with Crippen molar-refractivity contribution in [2.75, 3.05) is 7.11 Å². The molecular formula is C18H37BOSi2. The highest BCUT2D eigenvalue weighted by molar-refractivity contribution is 6.98. The maximum absolute atomic E-state index is 6.27. The first-order valence-electron chi connectivity index (χ1n) is 9.59. The van der Waals surface area contributed by atoms with Crippen LogP contribution in [-0.2, 0) is 4.65 Å². The largest absolute Gasteiger partial charge is 0.438 e. The molecule has 22 heavy (non-hydrogen) atoms. The molecule has 0 aromatic heterocycles. The highest BCUT2D eigenvalue weighted by Gasteiger charge is 2.62. The Kier molecular flexibility index (Phi) is 4.31. The summed E-state index contributed by atoms with van der Waals surface area (Å²) in [5.74, 6) is 3.02. The molecule has 0 aromatic carbocycles. The molecule has 2 saturated heterocycles. The van der Waals surface area contributed by atoms with Crippen molar-refractivity contribution in [2.24, 2.45) is 17.8 Å². The fourth-order valence-corrected chi connectivity index (χ4v) is 22.6. The minimum absolute atomic E-state index is 0.530. The van der Waals surface area contributed by atoms with Crippen LogP contribution >= 0.6 is 0 Å². The molecule has 4 aliphatic rings. The third-order valence-corrected chi connectivity index (χ3v) is 16.9. The van der Waals surface area contributed by atoms with E-state index in [-0.39, 0.29) is 0 Å². The molecule has 0 spiro atoms. The molecule has 0 radical (unpaired) electrons. The molecule has 2 aliphatic carbocycles. The highest BCUT2D eigenvalue weighted by Crippen LogP contribution is 2.69. The lowest BCUT2D eigenvalue weighted by Gasteiger charge is -2.57. The lowest BCUT2D eigenvalue weighted by atomic mass is 9.40. The van der Waals surface area contributed by atoms with Gasteiger partial charge in [0.05, 0.1) is 0 Å². The summed E-state index contributed by atoms with van der Waals surface area (Å²) >= 11 is 0. The monoisotopic (exact) mass is 336 g/mol. The molecule has 4 atom stereocenters. The van der Waals surface area contributed by atoms with Gasteiger partial charge in [-0.3, -0.25) is 0 Å². The molecule has 2 saturated carbocycles. The van der Waals surface area contributed by atoms with Gasteiger partial charge >= 0.3 is 0 Å². The number of hydrogen-bond acceptors (Lipinski definition) is 1. The van der Waals surface area contributed by atoms with Crippen LogP contribution in [0.5, 0.6) is 0 Å². The summed E-state index contributed by atoms with van der Waals surface area (Å²) in [6.07, 6.45) is 8.94. The summed E-state index contributed by atoms with van der Waals surface area (Å²) in [4.78, 5) is 0. The standard InChI is InChI=1S/C18H37BOSi2/c1-20-19-13-16-9-14-8-15(10-16)12-18(19,11-14)17(21(2,3)4)22(5,6)7/h14-17H,8-13H2,1-7H3/t14-,15+,16?,18?. The van der Waals surface area contributed by atoms with E-state index in [0.717, 1.165) is 22.9 Å². The Morgan fingerprint density at radius 3 is 1.73 bits per heavy atom. The molecule has 2 unspecified atom stereocenters. The van der Waals surface area contributed by atoms with E-state index in [4.69, 9.17) is 4.65 Å². The molecule has 126 valence electrons. The van der Waals surface area contributed by atoms with Crippen LogP contribution in [0.15, 0.2) is 0 Å². The van der Waals surface area contributed by atoms with E-state index in [1.807, 2.05) is 7.11 Å². The summed E-state index contributed by atoms with van der Waals surface area (Å²) in [6.45, 7) is 16.4. The molecule has 4 fully saturated rings. The Morgan fingerprint density at radius 2 is 1.32 bits per heavy atom. The van der Waals surface area contributed by atoms with Crippen LogP contribution in [0.3, 0.4) is 0 Å². The van der Waals surface area contributed by atoms with E-state index in [0.29, 0.717) is 12.2 Å². The van der Waals surface area contributed by atoms with Crippen LogP contribution in [0, 0.1) is 17.8 Å². The Balaban J connectivity index is 2.10. The van der Waals surface area contributed by atoms with Crippen LogP contribution in [0.25, 0.3) is 0 Å². The summed E-state index contributed by atoms with van der Waals surface area (Å²) < 4.78 is 6.27. The van der Waals surface area contributed by atoms with Gasteiger partial charge in [-0.15, -0.1) is 0 Å². The molecule has 2 aliphatic heterocycles. The molecule has 0 N–H and O–H groups in total. The number of rotatable bonds is 4. The van der Waals surface area contributed by atoms with Crippen LogP contribution in [-0.4, -0.2) is 30.2 Å². The molecule has 1 nitrogen and oxygen atoms in total. The zero-order chi connectivity index (χ0) is 16.3. The normalized spacial score (nSPS) is 38.7. The van der Waals surface area contributed by atoms with Gasteiger partial charge in [-0.05, 0) is 66.7 Å². The van der Waals surface area contributed by atoms with Gasteiger partial charge in [-0.2, -0.15) is 0 Å². The second-order valence-electron chi connectivity index (χ2n) is 11.1. The fraction of sp³-hybridized carbons (Fsp3) is 1.00. The van der Waals surface area contributed by atoms with Crippen LogP contribution in [0.4, 0.5) is 0 Å². The van der Waals surface area contributed by atoms with Crippen LogP contribution < -0.4 is 0 Å². The van der Waals surface area contributed by atoms with E-state index in [1.54, 1.807) is 6.42 Å². The van der Waals surface area contributed by atoms with Crippen LogP contribution in [0.1, 0.15) is 32.1 Å². The Morgan fingerprint density at radius 1 is 0.864 bits per heavy atom. The second-order valence-corrected chi connectivity index (χ2v) is 22.3. The number of fused-ring (bicyclic) bond motifs is 1. The van der Waals surface area contributed by atoms with Gasteiger partial charge in [0.2, 0.25) is 0 Å². The van der Waals surface area contributed by atoms with Crippen molar-refractivity contribution in [3.8, 4) is 0 Å². The molecule has 4 rings (SSSR count). The Labute approximate surface area is 141 Å².